The van der Waals surface area contributed by atoms with Gasteiger partial charge in [-0.05, 0) is 36.7 Å². The number of hydrogen-bond donors (Lipinski definition) is 1. The second-order valence-electron chi connectivity index (χ2n) is 4.65. The third-order valence-corrected chi connectivity index (χ3v) is 3.49. The summed E-state index contributed by atoms with van der Waals surface area (Å²) in [6.07, 6.45) is 2.17. The van der Waals surface area contributed by atoms with Crippen molar-refractivity contribution < 1.29 is 9.13 Å². The summed E-state index contributed by atoms with van der Waals surface area (Å²) in [4.78, 5) is 4.20. The number of rotatable bonds is 6. The number of nitrogens with one attached hydrogen (secondary N) is 1. The van der Waals surface area contributed by atoms with Gasteiger partial charge in [0.25, 0.3) is 0 Å². The highest BCUT2D eigenvalue weighted by molar-refractivity contribution is 6.30. The molecule has 0 bridgehead atoms. The highest BCUT2D eigenvalue weighted by atomic mass is 35.5. The fraction of sp³-hybridized carbons (Fsp3) is 0.312. The number of hydrogen-bond acceptors (Lipinski definition) is 3. The summed E-state index contributed by atoms with van der Waals surface area (Å²) in [5, 5.41) is 3.74. The van der Waals surface area contributed by atoms with Crippen LogP contribution < -0.4 is 10.1 Å². The van der Waals surface area contributed by atoms with Gasteiger partial charge in [0.05, 0.1) is 7.11 Å². The summed E-state index contributed by atoms with van der Waals surface area (Å²) in [5.41, 5.74) is 1.52. The molecule has 1 atom stereocenters. The fourth-order valence-electron chi connectivity index (χ4n) is 2.28. The molecule has 0 radical (unpaired) electrons. The molecule has 21 heavy (non-hydrogen) atoms. The van der Waals surface area contributed by atoms with E-state index in [1.807, 2.05) is 19.1 Å². The first kappa shape index (κ1) is 15.7. The van der Waals surface area contributed by atoms with Crippen LogP contribution in [0.1, 0.15) is 24.1 Å². The number of nitrogens with zero attached hydrogens (tertiary/aromatic N) is 1. The Bertz CT molecular complexity index is 607. The van der Waals surface area contributed by atoms with E-state index < -0.39 is 0 Å². The number of aromatic nitrogens is 1. The van der Waals surface area contributed by atoms with Gasteiger partial charge in [-0.3, -0.25) is 0 Å². The van der Waals surface area contributed by atoms with Crippen LogP contribution in [0.15, 0.2) is 36.5 Å². The molecule has 1 heterocycles. The molecule has 0 aliphatic carbocycles. The quantitative estimate of drug-likeness (QED) is 0.882. The van der Waals surface area contributed by atoms with Gasteiger partial charge in [0.1, 0.15) is 5.82 Å². The molecule has 1 N–H and O–H groups in total. The lowest BCUT2D eigenvalue weighted by Crippen LogP contribution is -2.24. The van der Waals surface area contributed by atoms with E-state index >= 15 is 0 Å². The third kappa shape index (κ3) is 3.93. The smallest absolute Gasteiger partial charge is 0.217 e. The summed E-state index contributed by atoms with van der Waals surface area (Å²) >= 11 is 5.79. The molecule has 0 amide bonds. The second-order valence-corrected chi connectivity index (χ2v) is 5.09. The van der Waals surface area contributed by atoms with Crippen LogP contribution in [0.2, 0.25) is 5.02 Å². The van der Waals surface area contributed by atoms with Crippen LogP contribution in [0.5, 0.6) is 5.88 Å². The highest BCUT2D eigenvalue weighted by Gasteiger charge is 2.18. The first-order valence-electron chi connectivity index (χ1n) is 6.82. The van der Waals surface area contributed by atoms with Crippen molar-refractivity contribution in [2.45, 2.75) is 19.4 Å². The Balaban J connectivity index is 2.30. The zero-order chi connectivity index (χ0) is 15.2. The number of ether oxygens (including phenoxy) is 1. The molecule has 0 saturated carbocycles. The maximum absolute atomic E-state index is 14.0. The van der Waals surface area contributed by atoms with Crippen LogP contribution in [-0.2, 0) is 6.42 Å². The second kappa shape index (κ2) is 7.38. The van der Waals surface area contributed by atoms with E-state index in [1.165, 1.54) is 6.07 Å². The standard InChI is InChI=1S/C16H18ClFN2O/c1-3-19-15(13-5-4-8-20-16(13)21-2)9-11-6-7-12(17)10-14(11)18/h4-8,10,15,19H,3,9H2,1-2H3. The van der Waals surface area contributed by atoms with E-state index in [2.05, 4.69) is 10.3 Å². The van der Waals surface area contributed by atoms with Crippen LogP contribution in [0.4, 0.5) is 4.39 Å². The van der Waals surface area contributed by atoms with E-state index in [1.54, 1.807) is 25.4 Å². The van der Waals surface area contributed by atoms with Gasteiger partial charge in [-0.15, -0.1) is 0 Å². The van der Waals surface area contributed by atoms with E-state index in [0.717, 1.165) is 12.1 Å². The first-order chi connectivity index (χ1) is 10.2. The van der Waals surface area contributed by atoms with E-state index in [0.29, 0.717) is 22.9 Å². The van der Waals surface area contributed by atoms with Crippen molar-refractivity contribution in [2.24, 2.45) is 0 Å². The zero-order valence-electron chi connectivity index (χ0n) is 12.1. The lowest BCUT2D eigenvalue weighted by molar-refractivity contribution is 0.382. The van der Waals surface area contributed by atoms with Gasteiger partial charge in [0.2, 0.25) is 5.88 Å². The van der Waals surface area contributed by atoms with Gasteiger partial charge < -0.3 is 10.1 Å². The van der Waals surface area contributed by atoms with Gasteiger partial charge in [0.15, 0.2) is 0 Å². The molecule has 1 unspecified atom stereocenters. The number of pyridine rings is 1. The molecule has 0 aliphatic rings. The minimum absolute atomic E-state index is 0.0747. The molecular weight excluding hydrogens is 291 g/mol. The minimum atomic E-state index is -0.298. The van der Waals surface area contributed by atoms with Gasteiger partial charge in [-0.25, -0.2) is 9.37 Å². The Labute approximate surface area is 129 Å². The number of likely N-dealkylation sites (N-methyl/N-ethyl adjacent to an activating group) is 1. The van der Waals surface area contributed by atoms with E-state index in [9.17, 15) is 4.39 Å². The fourth-order valence-corrected chi connectivity index (χ4v) is 2.44. The summed E-state index contributed by atoms with van der Waals surface area (Å²) in [5.74, 6) is 0.256. The Morgan fingerprint density at radius 1 is 1.38 bits per heavy atom. The van der Waals surface area contributed by atoms with Crippen molar-refractivity contribution >= 4 is 11.6 Å². The van der Waals surface area contributed by atoms with Crippen molar-refractivity contribution in [1.82, 2.24) is 10.3 Å². The maximum Gasteiger partial charge on any atom is 0.217 e. The monoisotopic (exact) mass is 308 g/mol. The number of methoxy groups -OCH3 is 1. The van der Waals surface area contributed by atoms with E-state index in [-0.39, 0.29) is 11.9 Å². The average molecular weight is 309 g/mol. The average Bonchev–Trinajstić information content (AvgIpc) is 2.49. The molecule has 0 spiro atoms. The van der Waals surface area contributed by atoms with Crippen molar-refractivity contribution in [3.63, 3.8) is 0 Å². The van der Waals surface area contributed by atoms with Crippen molar-refractivity contribution in [1.29, 1.82) is 0 Å². The lowest BCUT2D eigenvalue weighted by atomic mass is 9.99. The molecule has 5 heteroatoms. The largest absolute Gasteiger partial charge is 0.481 e. The molecule has 1 aromatic carbocycles. The number of benzene rings is 1. The summed E-state index contributed by atoms with van der Waals surface area (Å²) in [6.45, 7) is 2.77. The van der Waals surface area contributed by atoms with Gasteiger partial charge in [0, 0.05) is 22.8 Å². The molecule has 0 fully saturated rings. The van der Waals surface area contributed by atoms with Crippen LogP contribution in [0.25, 0.3) is 0 Å². The first-order valence-corrected chi connectivity index (χ1v) is 7.19. The van der Waals surface area contributed by atoms with Gasteiger partial charge in [-0.2, -0.15) is 0 Å². The molecular formula is C16H18ClFN2O. The predicted molar refractivity (Wildman–Crippen MR) is 82.3 cm³/mol. The Hall–Kier alpha value is -1.65. The molecule has 2 aromatic rings. The molecule has 0 saturated heterocycles. The minimum Gasteiger partial charge on any atom is -0.481 e. The SMILES string of the molecule is CCNC(Cc1ccc(Cl)cc1F)c1cccnc1OC. The molecule has 1 aromatic heterocycles. The predicted octanol–water partition coefficient (Wildman–Crippen LogP) is 3.78. The summed E-state index contributed by atoms with van der Waals surface area (Å²) < 4.78 is 19.3. The van der Waals surface area contributed by atoms with Gasteiger partial charge >= 0.3 is 0 Å². The summed E-state index contributed by atoms with van der Waals surface area (Å²) in [7, 11) is 1.58. The van der Waals surface area contributed by atoms with E-state index in [4.69, 9.17) is 16.3 Å². The lowest BCUT2D eigenvalue weighted by Gasteiger charge is -2.20. The van der Waals surface area contributed by atoms with Crippen LogP contribution in [-0.4, -0.2) is 18.6 Å². The maximum atomic E-state index is 14.0. The highest BCUT2D eigenvalue weighted by Crippen LogP contribution is 2.27. The zero-order valence-corrected chi connectivity index (χ0v) is 12.8. The summed E-state index contributed by atoms with van der Waals surface area (Å²) in [6, 6.07) is 8.46. The van der Waals surface area contributed by atoms with Crippen LogP contribution in [0, 0.1) is 5.82 Å². The Morgan fingerprint density at radius 2 is 2.19 bits per heavy atom. The third-order valence-electron chi connectivity index (χ3n) is 3.26. The Morgan fingerprint density at radius 3 is 2.86 bits per heavy atom. The molecule has 3 nitrogen and oxygen atoms in total. The van der Waals surface area contributed by atoms with Gasteiger partial charge in [-0.1, -0.05) is 30.7 Å². The Kier molecular flexibility index (Phi) is 5.53. The molecule has 112 valence electrons. The van der Waals surface area contributed by atoms with Crippen molar-refractivity contribution in [2.75, 3.05) is 13.7 Å². The topological polar surface area (TPSA) is 34.2 Å². The van der Waals surface area contributed by atoms with Crippen molar-refractivity contribution in [3.05, 3.63) is 58.5 Å². The van der Waals surface area contributed by atoms with Crippen LogP contribution in [0.3, 0.4) is 0 Å². The molecule has 0 aliphatic heterocycles. The van der Waals surface area contributed by atoms with Crippen LogP contribution >= 0.6 is 11.6 Å². The molecule has 2 rings (SSSR count). The normalized spacial score (nSPS) is 12.2. The number of halogens is 2. The van der Waals surface area contributed by atoms with Crippen molar-refractivity contribution in [3.8, 4) is 5.88 Å².